The fourth-order valence-electron chi connectivity index (χ4n) is 2.60. The number of nitrogens with two attached hydrogens (primary N) is 1. The Balaban J connectivity index is 1.92. The molecular formula is C14H22N2. The Bertz CT molecular complexity index is 318. The van der Waals surface area contributed by atoms with Crippen LogP contribution in [0.3, 0.4) is 0 Å². The zero-order valence-corrected chi connectivity index (χ0v) is 10.2. The van der Waals surface area contributed by atoms with Crippen LogP contribution in [0.1, 0.15) is 43.9 Å². The van der Waals surface area contributed by atoms with Crippen molar-refractivity contribution < 1.29 is 0 Å². The quantitative estimate of drug-likeness (QED) is 0.847. The number of pyridine rings is 1. The second kappa shape index (κ2) is 5.44. The highest BCUT2D eigenvalue weighted by molar-refractivity contribution is 5.14. The molecule has 2 heteroatoms. The van der Waals surface area contributed by atoms with Gasteiger partial charge in [-0.2, -0.15) is 0 Å². The van der Waals surface area contributed by atoms with E-state index in [0.717, 1.165) is 18.8 Å². The minimum absolute atomic E-state index is 0.425. The van der Waals surface area contributed by atoms with Gasteiger partial charge in [-0.25, -0.2) is 0 Å². The number of nitrogens with zero attached hydrogens (tertiary/aromatic N) is 1. The van der Waals surface area contributed by atoms with Crippen LogP contribution in [0.5, 0.6) is 0 Å². The van der Waals surface area contributed by atoms with Crippen molar-refractivity contribution in [2.45, 2.75) is 51.5 Å². The fourth-order valence-corrected chi connectivity index (χ4v) is 2.60. The molecule has 0 aliphatic heterocycles. The molecule has 0 saturated heterocycles. The van der Waals surface area contributed by atoms with Crippen molar-refractivity contribution in [3.05, 3.63) is 29.6 Å². The van der Waals surface area contributed by atoms with Gasteiger partial charge >= 0.3 is 0 Å². The highest BCUT2D eigenvalue weighted by Gasteiger charge is 2.19. The minimum atomic E-state index is 0.425. The van der Waals surface area contributed by atoms with Gasteiger partial charge in [0.25, 0.3) is 0 Å². The average molecular weight is 218 g/mol. The summed E-state index contributed by atoms with van der Waals surface area (Å²) in [5, 5.41) is 0. The van der Waals surface area contributed by atoms with Crippen molar-refractivity contribution in [2.75, 3.05) is 0 Å². The molecule has 0 amide bonds. The van der Waals surface area contributed by atoms with E-state index in [1.54, 1.807) is 0 Å². The molecule has 1 fully saturated rings. The van der Waals surface area contributed by atoms with E-state index in [-0.39, 0.29) is 0 Å². The molecule has 88 valence electrons. The first kappa shape index (κ1) is 11.6. The molecule has 1 heterocycles. The lowest BCUT2D eigenvalue weighted by Crippen LogP contribution is -2.28. The number of rotatable bonds is 3. The van der Waals surface area contributed by atoms with E-state index < -0.39 is 0 Å². The molecule has 2 nitrogen and oxygen atoms in total. The van der Waals surface area contributed by atoms with Gasteiger partial charge in [0.05, 0.1) is 0 Å². The number of aromatic nitrogens is 1. The Labute approximate surface area is 98.3 Å². The van der Waals surface area contributed by atoms with Gasteiger partial charge in [-0.15, -0.1) is 0 Å². The molecule has 0 bridgehead atoms. The Morgan fingerprint density at radius 1 is 1.38 bits per heavy atom. The van der Waals surface area contributed by atoms with Crippen LogP contribution in [-0.4, -0.2) is 11.0 Å². The van der Waals surface area contributed by atoms with Crippen LogP contribution in [0, 0.1) is 5.92 Å². The monoisotopic (exact) mass is 218 g/mol. The molecule has 1 saturated carbocycles. The van der Waals surface area contributed by atoms with Gasteiger partial charge in [-0.05, 0) is 49.7 Å². The molecule has 1 aliphatic carbocycles. The smallest absolute Gasteiger partial charge is 0.0406 e. The maximum Gasteiger partial charge on any atom is 0.0406 e. The van der Waals surface area contributed by atoms with Crippen LogP contribution in [0.4, 0.5) is 0 Å². The highest BCUT2D eigenvalue weighted by Crippen LogP contribution is 2.25. The topological polar surface area (TPSA) is 38.9 Å². The molecule has 2 unspecified atom stereocenters. The van der Waals surface area contributed by atoms with E-state index in [4.69, 9.17) is 5.73 Å². The average Bonchev–Trinajstić information content (AvgIpc) is 2.30. The Morgan fingerprint density at radius 2 is 2.25 bits per heavy atom. The van der Waals surface area contributed by atoms with Gasteiger partial charge in [0.2, 0.25) is 0 Å². The molecule has 2 rings (SSSR count). The molecule has 0 aromatic carbocycles. The normalized spacial score (nSPS) is 25.6. The van der Waals surface area contributed by atoms with Gasteiger partial charge in [-0.1, -0.05) is 19.4 Å². The SMILES string of the molecule is CCc1ccc(CC2CCCC(N)C2)nc1. The van der Waals surface area contributed by atoms with Crippen molar-refractivity contribution in [1.29, 1.82) is 0 Å². The maximum atomic E-state index is 6.00. The van der Waals surface area contributed by atoms with E-state index in [1.165, 1.54) is 36.9 Å². The summed E-state index contributed by atoms with van der Waals surface area (Å²) < 4.78 is 0. The van der Waals surface area contributed by atoms with Gasteiger partial charge in [-0.3, -0.25) is 4.98 Å². The highest BCUT2D eigenvalue weighted by atomic mass is 14.7. The van der Waals surface area contributed by atoms with Gasteiger partial charge in [0.1, 0.15) is 0 Å². The first-order valence-corrected chi connectivity index (χ1v) is 6.47. The molecule has 1 aliphatic rings. The van der Waals surface area contributed by atoms with Crippen molar-refractivity contribution in [2.24, 2.45) is 11.7 Å². The van der Waals surface area contributed by atoms with E-state index in [2.05, 4.69) is 24.0 Å². The van der Waals surface area contributed by atoms with Crippen molar-refractivity contribution in [3.8, 4) is 0 Å². The maximum absolute atomic E-state index is 6.00. The number of hydrogen-bond donors (Lipinski definition) is 1. The van der Waals surface area contributed by atoms with E-state index >= 15 is 0 Å². The Morgan fingerprint density at radius 3 is 2.88 bits per heavy atom. The van der Waals surface area contributed by atoms with Crippen LogP contribution < -0.4 is 5.73 Å². The second-order valence-electron chi connectivity index (χ2n) is 5.01. The summed E-state index contributed by atoms with van der Waals surface area (Å²) in [7, 11) is 0. The molecule has 16 heavy (non-hydrogen) atoms. The third kappa shape index (κ3) is 3.05. The molecule has 2 atom stereocenters. The first-order valence-electron chi connectivity index (χ1n) is 6.47. The van der Waals surface area contributed by atoms with Crippen LogP contribution in [0.15, 0.2) is 18.3 Å². The number of hydrogen-bond acceptors (Lipinski definition) is 2. The largest absolute Gasteiger partial charge is 0.328 e. The summed E-state index contributed by atoms with van der Waals surface area (Å²) in [6.45, 7) is 2.16. The van der Waals surface area contributed by atoms with Crippen molar-refractivity contribution in [3.63, 3.8) is 0 Å². The van der Waals surface area contributed by atoms with Crippen molar-refractivity contribution >= 4 is 0 Å². The molecule has 0 spiro atoms. The lowest BCUT2D eigenvalue weighted by molar-refractivity contribution is 0.319. The summed E-state index contributed by atoms with van der Waals surface area (Å²) >= 11 is 0. The third-order valence-corrected chi connectivity index (χ3v) is 3.62. The predicted octanol–water partition coefficient (Wildman–Crippen LogP) is 2.70. The molecule has 1 aromatic rings. The molecule has 2 N–H and O–H groups in total. The summed E-state index contributed by atoms with van der Waals surface area (Å²) in [5.74, 6) is 0.753. The first-order chi connectivity index (χ1) is 7.78. The zero-order valence-electron chi connectivity index (χ0n) is 10.2. The van der Waals surface area contributed by atoms with Gasteiger partial charge in [0.15, 0.2) is 0 Å². The third-order valence-electron chi connectivity index (χ3n) is 3.62. The van der Waals surface area contributed by atoms with Gasteiger partial charge < -0.3 is 5.73 Å². The van der Waals surface area contributed by atoms with E-state index in [9.17, 15) is 0 Å². The van der Waals surface area contributed by atoms with E-state index in [1.807, 2.05) is 6.20 Å². The summed E-state index contributed by atoms with van der Waals surface area (Å²) in [4.78, 5) is 4.53. The van der Waals surface area contributed by atoms with Crippen molar-refractivity contribution in [1.82, 2.24) is 4.98 Å². The Kier molecular flexibility index (Phi) is 3.94. The standard InChI is InChI=1S/C14H22N2/c1-2-11-6-7-14(16-10-11)9-12-4-3-5-13(15)8-12/h6-7,10,12-13H,2-5,8-9,15H2,1H3. The summed E-state index contributed by atoms with van der Waals surface area (Å²) in [5.41, 5.74) is 8.56. The lowest BCUT2D eigenvalue weighted by Gasteiger charge is -2.26. The molecular weight excluding hydrogens is 196 g/mol. The van der Waals surface area contributed by atoms with E-state index in [0.29, 0.717) is 6.04 Å². The molecule has 0 radical (unpaired) electrons. The Hall–Kier alpha value is -0.890. The fraction of sp³-hybridized carbons (Fsp3) is 0.643. The van der Waals surface area contributed by atoms with Gasteiger partial charge in [0, 0.05) is 17.9 Å². The van der Waals surface area contributed by atoms with Crippen LogP contribution in [-0.2, 0) is 12.8 Å². The van der Waals surface area contributed by atoms with Crippen LogP contribution in [0.2, 0.25) is 0 Å². The zero-order chi connectivity index (χ0) is 11.4. The molecule has 1 aromatic heterocycles. The number of aryl methyl sites for hydroxylation is 1. The second-order valence-corrected chi connectivity index (χ2v) is 5.01. The van der Waals surface area contributed by atoms with Crippen LogP contribution >= 0.6 is 0 Å². The predicted molar refractivity (Wildman–Crippen MR) is 67.3 cm³/mol. The minimum Gasteiger partial charge on any atom is -0.328 e. The summed E-state index contributed by atoms with van der Waals surface area (Å²) in [6.07, 6.45) is 9.19. The lowest BCUT2D eigenvalue weighted by atomic mass is 9.83. The van der Waals surface area contributed by atoms with Crippen LogP contribution in [0.25, 0.3) is 0 Å². The summed E-state index contributed by atoms with van der Waals surface area (Å²) in [6, 6.07) is 4.80.